The number of nitrogens with one attached hydrogen (secondary N) is 1. The van der Waals surface area contributed by atoms with Crippen LogP contribution in [-0.4, -0.2) is 37.6 Å². The molecule has 0 aliphatic heterocycles. The van der Waals surface area contributed by atoms with Crippen molar-refractivity contribution in [3.8, 4) is 0 Å². The Morgan fingerprint density at radius 3 is 2.21 bits per heavy atom. The SMILES string of the molecule is CSc1ccc(/C=N\NC(=O)CN(Cc2c(Cl)cccc2Cl)S(=O)(=O)c2ccc(Cl)cc2)cc1. The highest BCUT2D eigenvalue weighted by molar-refractivity contribution is 7.98. The number of benzene rings is 3. The second kappa shape index (κ2) is 12.1. The Kier molecular flexibility index (Phi) is 9.41. The first-order valence-corrected chi connectivity index (χ1v) is 13.6. The lowest BCUT2D eigenvalue weighted by Gasteiger charge is -2.22. The fourth-order valence-corrected chi connectivity index (χ4v) is 5.32. The maximum atomic E-state index is 13.3. The molecule has 0 radical (unpaired) electrons. The van der Waals surface area contributed by atoms with Gasteiger partial charge >= 0.3 is 0 Å². The molecule has 0 saturated heterocycles. The fraction of sp³-hybridized carbons (Fsp3) is 0.130. The van der Waals surface area contributed by atoms with E-state index in [1.165, 1.54) is 30.5 Å². The summed E-state index contributed by atoms with van der Waals surface area (Å²) in [7, 11) is -4.09. The molecule has 3 aromatic carbocycles. The van der Waals surface area contributed by atoms with Gasteiger partial charge in [-0.1, -0.05) is 53.0 Å². The third kappa shape index (κ3) is 6.97. The number of amides is 1. The summed E-state index contributed by atoms with van der Waals surface area (Å²) in [4.78, 5) is 13.7. The Balaban J connectivity index is 1.81. The molecule has 0 saturated carbocycles. The number of carbonyl (C=O) groups excluding carboxylic acids is 1. The minimum Gasteiger partial charge on any atom is -0.272 e. The van der Waals surface area contributed by atoms with Crippen molar-refractivity contribution in [3.63, 3.8) is 0 Å². The highest BCUT2D eigenvalue weighted by Crippen LogP contribution is 2.28. The number of nitrogens with zero attached hydrogens (tertiary/aromatic N) is 2. The molecular formula is C23H20Cl3N3O3S2. The number of halogens is 3. The summed E-state index contributed by atoms with van der Waals surface area (Å²) in [6, 6.07) is 18.1. The number of hydrogen-bond acceptors (Lipinski definition) is 5. The molecule has 0 unspecified atom stereocenters. The number of carbonyl (C=O) groups is 1. The summed E-state index contributed by atoms with van der Waals surface area (Å²) in [5, 5.41) is 4.90. The zero-order chi connectivity index (χ0) is 24.7. The Hall–Kier alpha value is -2.07. The van der Waals surface area contributed by atoms with Gasteiger partial charge in [-0.2, -0.15) is 9.41 Å². The van der Waals surface area contributed by atoms with E-state index < -0.39 is 22.5 Å². The van der Waals surface area contributed by atoms with Crippen molar-refractivity contribution in [1.82, 2.24) is 9.73 Å². The van der Waals surface area contributed by atoms with Crippen LogP contribution in [-0.2, 0) is 21.4 Å². The Bertz CT molecular complexity index is 1260. The first-order valence-electron chi connectivity index (χ1n) is 9.85. The second-order valence-corrected chi connectivity index (χ2v) is 11.1. The van der Waals surface area contributed by atoms with E-state index in [0.29, 0.717) is 10.6 Å². The molecule has 1 amide bonds. The van der Waals surface area contributed by atoms with Gasteiger partial charge in [0.1, 0.15) is 0 Å². The summed E-state index contributed by atoms with van der Waals surface area (Å²) < 4.78 is 27.7. The van der Waals surface area contributed by atoms with Crippen LogP contribution in [0.25, 0.3) is 0 Å². The van der Waals surface area contributed by atoms with Gasteiger partial charge in [-0.05, 0) is 60.4 Å². The molecule has 0 spiro atoms. The molecule has 0 aromatic heterocycles. The molecule has 0 heterocycles. The number of sulfonamides is 1. The molecule has 34 heavy (non-hydrogen) atoms. The predicted molar refractivity (Wildman–Crippen MR) is 139 cm³/mol. The molecule has 0 bridgehead atoms. The van der Waals surface area contributed by atoms with Crippen LogP contribution in [0.5, 0.6) is 0 Å². The number of rotatable bonds is 9. The summed E-state index contributed by atoms with van der Waals surface area (Å²) >= 11 is 20.0. The van der Waals surface area contributed by atoms with E-state index in [0.717, 1.165) is 14.8 Å². The van der Waals surface area contributed by atoms with Gasteiger partial charge in [0.2, 0.25) is 10.0 Å². The van der Waals surface area contributed by atoms with Gasteiger partial charge in [-0.15, -0.1) is 11.8 Å². The topological polar surface area (TPSA) is 78.8 Å². The predicted octanol–water partition coefficient (Wildman–Crippen LogP) is 5.71. The van der Waals surface area contributed by atoms with Gasteiger partial charge in [0.25, 0.3) is 5.91 Å². The molecule has 1 N–H and O–H groups in total. The standard InChI is InChI=1S/C23H20Cl3N3O3S2/c1-33-18-9-5-16(6-10-18)13-27-28-23(30)15-29(14-20-21(25)3-2-4-22(20)26)34(31,32)19-11-7-17(24)8-12-19/h2-13H,14-15H2,1H3,(H,28,30)/b27-13-. The van der Waals surface area contributed by atoms with Crippen LogP contribution in [0.2, 0.25) is 15.1 Å². The molecule has 0 fully saturated rings. The highest BCUT2D eigenvalue weighted by Gasteiger charge is 2.28. The van der Waals surface area contributed by atoms with Crippen molar-refractivity contribution in [2.75, 3.05) is 12.8 Å². The largest absolute Gasteiger partial charge is 0.272 e. The molecule has 3 rings (SSSR count). The number of hydrazone groups is 1. The molecule has 0 atom stereocenters. The van der Waals surface area contributed by atoms with Crippen molar-refractivity contribution < 1.29 is 13.2 Å². The van der Waals surface area contributed by atoms with Crippen LogP contribution in [0.1, 0.15) is 11.1 Å². The molecule has 6 nitrogen and oxygen atoms in total. The summed E-state index contributed by atoms with van der Waals surface area (Å²) in [5.41, 5.74) is 3.54. The van der Waals surface area contributed by atoms with Crippen molar-refractivity contribution >= 4 is 68.7 Å². The van der Waals surface area contributed by atoms with E-state index in [1.54, 1.807) is 30.0 Å². The van der Waals surface area contributed by atoms with Gasteiger partial charge in [-0.25, -0.2) is 13.8 Å². The number of hydrogen-bond donors (Lipinski definition) is 1. The minimum atomic E-state index is -4.09. The van der Waals surface area contributed by atoms with Crippen LogP contribution in [0.4, 0.5) is 0 Å². The lowest BCUT2D eigenvalue weighted by atomic mass is 10.2. The summed E-state index contributed by atoms with van der Waals surface area (Å²) in [6.45, 7) is -0.716. The number of thioether (sulfide) groups is 1. The van der Waals surface area contributed by atoms with Gasteiger partial charge in [0.05, 0.1) is 17.7 Å². The van der Waals surface area contributed by atoms with E-state index in [2.05, 4.69) is 10.5 Å². The lowest BCUT2D eigenvalue weighted by molar-refractivity contribution is -0.121. The summed E-state index contributed by atoms with van der Waals surface area (Å²) in [6.07, 6.45) is 3.45. The Morgan fingerprint density at radius 1 is 1.00 bits per heavy atom. The second-order valence-electron chi connectivity index (χ2n) is 6.99. The van der Waals surface area contributed by atoms with E-state index in [1.807, 2.05) is 30.5 Å². The van der Waals surface area contributed by atoms with Gasteiger partial charge in [0.15, 0.2) is 0 Å². The van der Waals surface area contributed by atoms with Crippen LogP contribution >= 0.6 is 46.6 Å². The average Bonchev–Trinajstić information content (AvgIpc) is 2.81. The van der Waals surface area contributed by atoms with Gasteiger partial charge < -0.3 is 0 Å². The average molecular weight is 557 g/mol. The zero-order valence-corrected chi connectivity index (χ0v) is 21.8. The Morgan fingerprint density at radius 2 is 1.62 bits per heavy atom. The van der Waals surface area contributed by atoms with Gasteiger partial charge in [0, 0.05) is 32.1 Å². The smallest absolute Gasteiger partial charge is 0.255 e. The first kappa shape index (κ1) is 26.5. The van der Waals surface area contributed by atoms with Crippen LogP contribution in [0, 0.1) is 0 Å². The van der Waals surface area contributed by atoms with Crippen LogP contribution in [0.15, 0.2) is 81.6 Å². The maximum Gasteiger partial charge on any atom is 0.255 e. The maximum absolute atomic E-state index is 13.3. The minimum absolute atomic E-state index is 0.0229. The van der Waals surface area contributed by atoms with E-state index in [4.69, 9.17) is 34.8 Å². The lowest BCUT2D eigenvalue weighted by Crippen LogP contribution is -2.39. The molecule has 178 valence electrons. The van der Waals surface area contributed by atoms with E-state index in [-0.39, 0.29) is 21.5 Å². The van der Waals surface area contributed by atoms with Crippen molar-refractivity contribution in [2.24, 2.45) is 5.10 Å². The van der Waals surface area contributed by atoms with Crippen LogP contribution in [0.3, 0.4) is 0 Å². The van der Waals surface area contributed by atoms with E-state index in [9.17, 15) is 13.2 Å². The normalized spacial score (nSPS) is 11.8. The monoisotopic (exact) mass is 555 g/mol. The molecular weight excluding hydrogens is 537 g/mol. The molecule has 0 aliphatic rings. The molecule has 0 aliphatic carbocycles. The summed E-state index contributed by atoms with van der Waals surface area (Å²) in [5.74, 6) is -0.627. The van der Waals surface area contributed by atoms with Crippen molar-refractivity contribution in [2.45, 2.75) is 16.3 Å². The molecule has 11 heteroatoms. The highest BCUT2D eigenvalue weighted by atomic mass is 35.5. The van der Waals surface area contributed by atoms with Gasteiger partial charge in [-0.3, -0.25) is 4.79 Å². The van der Waals surface area contributed by atoms with E-state index >= 15 is 0 Å². The van der Waals surface area contributed by atoms with Crippen molar-refractivity contribution in [3.05, 3.63) is 92.9 Å². The quantitative estimate of drug-likeness (QED) is 0.208. The Labute approximate surface area is 218 Å². The third-order valence-corrected chi connectivity index (χ3v) is 8.20. The zero-order valence-electron chi connectivity index (χ0n) is 17.9. The third-order valence-electron chi connectivity index (χ3n) is 4.69. The fourth-order valence-electron chi connectivity index (χ4n) is 2.91. The van der Waals surface area contributed by atoms with Crippen LogP contribution < -0.4 is 5.43 Å². The first-order chi connectivity index (χ1) is 16.2. The van der Waals surface area contributed by atoms with Crippen molar-refractivity contribution in [1.29, 1.82) is 0 Å². The molecule has 3 aromatic rings.